The third-order valence-electron chi connectivity index (χ3n) is 4.19. The first-order valence-corrected chi connectivity index (χ1v) is 9.77. The van der Waals surface area contributed by atoms with Crippen LogP contribution in [0.1, 0.15) is 27.3 Å². The predicted octanol–water partition coefficient (Wildman–Crippen LogP) is 5.92. The van der Waals surface area contributed by atoms with Crippen LogP contribution in [0.4, 0.5) is 5.69 Å². The third-order valence-corrected chi connectivity index (χ3v) is 5.38. The summed E-state index contributed by atoms with van der Waals surface area (Å²) in [7, 11) is 0. The third kappa shape index (κ3) is 4.39. The van der Waals surface area contributed by atoms with E-state index in [9.17, 15) is 4.79 Å². The number of hydrogen-bond acceptors (Lipinski definition) is 3. The van der Waals surface area contributed by atoms with Gasteiger partial charge in [0.1, 0.15) is 0 Å². The van der Waals surface area contributed by atoms with Gasteiger partial charge in [-0.1, -0.05) is 64.6 Å². The largest absolute Gasteiger partial charge is 0.295 e. The molecule has 1 amide bonds. The highest BCUT2D eigenvalue weighted by atomic mass is 35.5. The van der Waals surface area contributed by atoms with E-state index in [4.69, 9.17) is 46.4 Å². The second kappa shape index (κ2) is 8.62. The molecule has 146 valence electrons. The van der Waals surface area contributed by atoms with Crippen LogP contribution in [0.3, 0.4) is 0 Å². The van der Waals surface area contributed by atoms with Gasteiger partial charge >= 0.3 is 0 Å². The van der Waals surface area contributed by atoms with Crippen molar-refractivity contribution in [3.8, 4) is 0 Å². The molecule has 3 aromatic rings. The number of anilines is 1. The van der Waals surface area contributed by atoms with Gasteiger partial charge in [0.25, 0.3) is 5.91 Å². The molecule has 5 nitrogen and oxygen atoms in total. The molecule has 28 heavy (non-hydrogen) atoms. The van der Waals surface area contributed by atoms with E-state index in [1.807, 2.05) is 31.2 Å². The predicted molar refractivity (Wildman–Crippen MR) is 115 cm³/mol. The standard InChI is InChI=1S/C19H16Cl4N4O/c1-10-17(11(2)27(26-10)9-12-5-3-4-6-14(12)21)19(28)25-24-18-15(22)7-13(20)8-16(18)23/h3-8,24H,9H2,1-2H3,(H,25,28). The highest BCUT2D eigenvalue weighted by Gasteiger charge is 2.20. The Kier molecular flexibility index (Phi) is 6.40. The van der Waals surface area contributed by atoms with Gasteiger partial charge in [-0.2, -0.15) is 5.10 Å². The molecule has 0 saturated heterocycles. The molecule has 0 aliphatic heterocycles. The molecule has 0 unspecified atom stereocenters. The molecule has 0 saturated carbocycles. The lowest BCUT2D eigenvalue weighted by molar-refractivity contribution is 0.0961. The van der Waals surface area contributed by atoms with Gasteiger partial charge in [-0.3, -0.25) is 20.3 Å². The Morgan fingerprint density at radius 2 is 1.68 bits per heavy atom. The lowest BCUT2D eigenvalue weighted by Crippen LogP contribution is -2.30. The van der Waals surface area contributed by atoms with Gasteiger partial charge in [0.2, 0.25) is 0 Å². The maximum atomic E-state index is 12.7. The normalized spacial score (nSPS) is 10.8. The minimum atomic E-state index is -0.359. The molecule has 0 bridgehead atoms. The SMILES string of the molecule is Cc1nn(Cc2ccccc2Cl)c(C)c1C(=O)NNc1c(Cl)cc(Cl)cc1Cl. The Hall–Kier alpha value is -1.92. The highest BCUT2D eigenvalue weighted by molar-refractivity contribution is 6.41. The fraction of sp³-hybridized carbons (Fsp3) is 0.158. The number of rotatable bonds is 5. The number of carbonyl (C=O) groups is 1. The number of benzene rings is 2. The average Bonchev–Trinajstić information content (AvgIpc) is 2.89. The lowest BCUT2D eigenvalue weighted by atomic mass is 10.2. The van der Waals surface area contributed by atoms with Crippen molar-refractivity contribution in [3.63, 3.8) is 0 Å². The van der Waals surface area contributed by atoms with Crippen molar-refractivity contribution in [2.75, 3.05) is 5.43 Å². The van der Waals surface area contributed by atoms with Gasteiger partial charge in [0.05, 0.1) is 33.5 Å². The minimum Gasteiger partial charge on any atom is -0.295 e. The molecule has 0 radical (unpaired) electrons. The fourth-order valence-corrected chi connectivity index (χ4v) is 3.92. The van der Waals surface area contributed by atoms with Crippen LogP contribution in [-0.4, -0.2) is 15.7 Å². The zero-order valence-corrected chi connectivity index (χ0v) is 18.0. The molecule has 1 heterocycles. The summed E-state index contributed by atoms with van der Waals surface area (Å²) in [6, 6.07) is 10.6. The Bertz CT molecular complexity index is 1030. The van der Waals surface area contributed by atoms with Crippen LogP contribution in [0.2, 0.25) is 20.1 Å². The van der Waals surface area contributed by atoms with Gasteiger partial charge in [0.15, 0.2) is 0 Å². The molecule has 0 fully saturated rings. The van der Waals surface area contributed by atoms with Crippen molar-refractivity contribution in [2.45, 2.75) is 20.4 Å². The summed E-state index contributed by atoms with van der Waals surface area (Å²) in [6.07, 6.45) is 0. The van der Waals surface area contributed by atoms with Crippen molar-refractivity contribution < 1.29 is 4.79 Å². The number of hydrogen-bond donors (Lipinski definition) is 2. The summed E-state index contributed by atoms with van der Waals surface area (Å²) in [6.45, 7) is 4.06. The van der Waals surface area contributed by atoms with Crippen LogP contribution < -0.4 is 10.9 Å². The number of nitrogens with zero attached hydrogens (tertiary/aromatic N) is 2. The van der Waals surface area contributed by atoms with Crippen LogP contribution in [0.15, 0.2) is 36.4 Å². The molecule has 9 heteroatoms. The Morgan fingerprint density at radius 1 is 1.04 bits per heavy atom. The van der Waals surface area contributed by atoms with Crippen molar-refractivity contribution in [1.82, 2.24) is 15.2 Å². The van der Waals surface area contributed by atoms with Crippen molar-refractivity contribution in [2.24, 2.45) is 0 Å². The van der Waals surface area contributed by atoms with Crippen molar-refractivity contribution in [1.29, 1.82) is 0 Å². The first-order chi connectivity index (χ1) is 13.3. The fourth-order valence-electron chi connectivity index (χ4n) is 2.81. The second-order valence-corrected chi connectivity index (χ2v) is 7.78. The van der Waals surface area contributed by atoms with Gasteiger partial charge in [-0.05, 0) is 37.6 Å². The highest BCUT2D eigenvalue weighted by Crippen LogP contribution is 2.33. The van der Waals surface area contributed by atoms with E-state index in [1.165, 1.54) is 12.1 Å². The van der Waals surface area contributed by atoms with Gasteiger partial charge in [-0.25, -0.2) is 0 Å². The van der Waals surface area contributed by atoms with E-state index in [0.29, 0.717) is 49.3 Å². The molecule has 1 aromatic heterocycles. The Balaban J connectivity index is 1.80. The molecule has 3 rings (SSSR count). The zero-order valence-electron chi connectivity index (χ0n) is 15.0. The average molecular weight is 458 g/mol. The number of amides is 1. The lowest BCUT2D eigenvalue weighted by Gasteiger charge is -2.12. The van der Waals surface area contributed by atoms with E-state index < -0.39 is 0 Å². The summed E-state index contributed by atoms with van der Waals surface area (Å²) < 4.78 is 1.74. The van der Waals surface area contributed by atoms with E-state index in [1.54, 1.807) is 11.6 Å². The van der Waals surface area contributed by atoms with Crippen molar-refractivity contribution in [3.05, 3.63) is 79.0 Å². The summed E-state index contributed by atoms with van der Waals surface area (Å²) in [5, 5.41) is 6.10. The molecule has 0 aliphatic rings. The van der Waals surface area contributed by atoms with E-state index in [2.05, 4.69) is 16.0 Å². The number of nitrogens with one attached hydrogen (secondary N) is 2. The van der Waals surface area contributed by atoms with E-state index in [0.717, 1.165) is 5.56 Å². The maximum Gasteiger partial charge on any atom is 0.273 e. The zero-order chi connectivity index (χ0) is 20.4. The Morgan fingerprint density at radius 3 is 2.32 bits per heavy atom. The van der Waals surface area contributed by atoms with E-state index >= 15 is 0 Å². The molecule has 0 aliphatic carbocycles. The molecular formula is C19H16Cl4N4O. The number of aryl methyl sites for hydroxylation is 1. The number of aromatic nitrogens is 2. The Labute approximate surface area is 182 Å². The molecule has 0 spiro atoms. The van der Waals surface area contributed by atoms with E-state index in [-0.39, 0.29) is 5.91 Å². The van der Waals surface area contributed by atoms with Crippen molar-refractivity contribution >= 4 is 58.0 Å². The maximum absolute atomic E-state index is 12.7. The number of hydrazine groups is 1. The smallest absolute Gasteiger partial charge is 0.273 e. The van der Waals surface area contributed by atoms with Crippen LogP contribution >= 0.6 is 46.4 Å². The molecule has 2 N–H and O–H groups in total. The molecule has 0 atom stereocenters. The monoisotopic (exact) mass is 456 g/mol. The number of halogens is 4. The molecule has 2 aromatic carbocycles. The van der Waals surface area contributed by atoms with Crippen LogP contribution in [0.25, 0.3) is 0 Å². The first kappa shape index (κ1) is 20.8. The van der Waals surface area contributed by atoms with Crippen LogP contribution in [0.5, 0.6) is 0 Å². The van der Waals surface area contributed by atoms with Gasteiger partial charge in [-0.15, -0.1) is 0 Å². The molecular weight excluding hydrogens is 442 g/mol. The van der Waals surface area contributed by atoms with Gasteiger partial charge in [0, 0.05) is 15.7 Å². The number of carbonyl (C=O) groups excluding carboxylic acids is 1. The first-order valence-electron chi connectivity index (χ1n) is 8.26. The summed E-state index contributed by atoms with van der Waals surface area (Å²) in [5.41, 5.74) is 8.40. The summed E-state index contributed by atoms with van der Waals surface area (Å²) in [5.74, 6) is -0.359. The second-order valence-electron chi connectivity index (χ2n) is 6.12. The summed E-state index contributed by atoms with van der Waals surface area (Å²) >= 11 is 24.4. The summed E-state index contributed by atoms with van der Waals surface area (Å²) in [4.78, 5) is 12.7. The van der Waals surface area contributed by atoms with Crippen LogP contribution in [-0.2, 0) is 6.54 Å². The topological polar surface area (TPSA) is 59.0 Å². The minimum absolute atomic E-state index is 0.292. The van der Waals surface area contributed by atoms with Crippen LogP contribution in [0, 0.1) is 13.8 Å². The van der Waals surface area contributed by atoms with Gasteiger partial charge < -0.3 is 0 Å². The quantitative estimate of drug-likeness (QED) is 0.467.